The molecular formula is C23H23N3O4S. The number of hydrogen-bond donors (Lipinski definition) is 0. The van der Waals surface area contributed by atoms with Gasteiger partial charge in [-0.05, 0) is 58.8 Å². The summed E-state index contributed by atoms with van der Waals surface area (Å²) in [4.78, 5) is 14.2. The number of methoxy groups -OCH3 is 1. The van der Waals surface area contributed by atoms with Gasteiger partial charge in [-0.2, -0.15) is 9.57 Å². The highest BCUT2D eigenvalue weighted by Gasteiger charge is 2.24. The van der Waals surface area contributed by atoms with Crippen molar-refractivity contribution >= 4 is 26.7 Å². The van der Waals surface area contributed by atoms with E-state index in [0.29, 0.717) is 12.1 Å². The first-order chi connectivity index (χ1) is 14.7. The first-order valence-corrected chi connectivity index (χ1v) is 11.0. The average molecular weight is 438 g/mol. The van der Waals surface area contributed by atoms with Crippen LogP contribution in [-0.2, 0) is 21.4 Å². The minimum Gasteiger partial charge on any atom is -0.497 e. The number of fused-ring (bicyclic) bond motifs is 1. The minimum absolute atomic E-state index is 0.0365. The Kier molecular flexibility index (Phi) is 6.59. The van der Waals surface area contributed by atoms with Crippen LogP contribution in [0.4, 0.5) is 0 Å². The Morgan fingerprint density at radius 1 is 1.00 bits per heavy atom. The molecule has 0 heterocycles. The van der Waals surface area contributed by atoms with Crippen molar-refractivity contribution in [2.45, 2.75) is 11.4 Å². The number of ether oxygens (including phenoxy) is 1. The number of benzene rings is 3. The second-order valence-electron chi connectivity index (χ2n) is 7.19. The molecular weight excluding hydrogens is 414 g/mol. The van der Waals surface area contributed by atoms with E-state index in [1.807, 2.05) is 42.5 Å². The fraction of sp³-hybridized carbons (Fsp3) is 0.217. The summed E-state index contributed by atoms with van der Waals surface area (Å²) in [5.41, 5.74) is 1.30. The van der Waals surface area contributed by atoms with Gasteiger partial charge in [0.2, 0.25) is 15.9 Å². The van der Waals surface area contributed by atoms with Crippen LogP contribution >= 0.6 is 0 Å². The highest BCUT2D eigenvalue weighted by atomic mass is 32.2. The predicted octanol–water partition coefficient (Wildman–Crippen LogP) is 3.00. The molecule has 0 aliphatic carbocycles. The summed E-state index contributed by atoms with van der Waals surface area (Å²) in [5, 5.41) is 10.9. The maximum absolute atomic E-state index is 12.7. The van der Waals surface area contributed by atoms with Crippen LogP contribution in [0.15, 0.2) is 65.6 Å². The fourth-order valence-electron chi connectivity index (χ4n) is 3.14. The lowest BCUT2D eigenvalue weighted by atomic mass is 10.1. The zero-order valence-corrected chi connectivity index (χ0v) is 18.4. The molecule has 0 atom stereocenters. The van der Waals surface area contributed by atoms with Crippen molar-refractivity contribution in [1.29, 1.82) is 5.26 Å². The normalized spacial score (nSPS) is 11.3. The highest BCUT2D eigenvalue weighted by molar-refractivity contribution is 7.89. The third-order valence-corrected chi connectivity index (χ3v) is 6.82. The van der Waals surface area contributed by atoms with Crippen LogP contribution < -0.4 is 4.74 Å². The number of hydrogen-bond acceptors (Lipinski definition) is 5. The maximum Gasteiger partial charge on any atom is 0.243 e. The number of nitrogens with zero attached hydrogens (tertiary/aromatic N) is 3. The van der Waals surface area contributed by atoms with Crippen molar-refractivity contribution < 1.29 is 17.9 Å². The Morgan fingerprint density at radius 2 is 1.65 bits per heavy atom. The molecule has 160 valence electrons. The molecule has 1 amide bonds. The van der Waals surface area contributed by atoms with Gasteiger partial charge in [0.15, 0.2) is 0 Å². The van der Waals surface area contributed by atoms with Crippen LogP contribution in [0.3, 0.4) is 0 Å². The Morgan fingerprint density at radius 3 is 2.29 bits per heavy atom. The number of nitriles is 1. The molecule has 0 spiro atoms. The molecule has 3 aromatic rings. The van der Waals surface area contributed by atoms with Crippen molar-refractivity contribution in [1.82, 2.24) is 9.21 Å². The monoisotopic (exact) mass is 437 g/mol. The Bertz CT molecular complexity index is 1250. The molecule has 0 aliphatic rings. The number of carbonyl (C=O) groups is 1. The van der Waals surface area contributed by atoms with Gasteiger partial charge in [0.05, 0.1) is 30.2 Å². The standard InChI is InChI=1S/C23H23N3O4S/c1-25(15-18-4-7-20-13-21(30-3)9-8-19(20)12-18)23(27)16-26(2)31(28,29)22-10-5-17(14-24)6-11-22/h4-13H,15-16H2,1-3H3. The number of likely N-dealkylation sites (N-methyl/N-ethyl adjacent to an activating group) is 2. The topological polar surface area (TPSA) is 90.7 Å². The van der Waals surface area contributed by atoms with Gasteiger partial charge in [0.1, 0.15) is 5.75 Å². The second kappa shape index (κ2) is 9.16. The third-order valence-electron chi connectivity index (χ3n) is 5.01. The summed E-state index contributed by atoms with van der Waals surface area (Å²) in [5.74, 6) is 0.452. The van der Waals surface area contributed by atoms with Crippen LogP contribution in [0.1, 0.15) is 11.1 Å². The van der Waals surface area contributed by atoms with E-state index in [-0.39, 0.29) is 17.3 Å². The average Bonchev–Trinajstić information content (AvgIpc) is 2.78. The molecule has 31 heavy (non-hydrogen) atoms. The van der Waals surface area contributed by atoms with Gasteiger partial charge in [-0.15, -0.1) is 0 Å². The molecule has 0 aromatic heterocycles. The summed E-state index contributed by atoms with van der Waals surface area (Å²) < 4.78 is 31.7. The lowest BCUT2D eigenvalue weighted by molar-refractivity contribution is -0.130. The van der Waals surface area contributed by atoms with Gasteiger partial charge >= 0.3 is 0 Å². The summed E-state index contributed by atoms with van der Waals surface area (Å²) in [6.07, 6.45) is 0. The van der Waals surface area contributed by atoms with Gasteiger partial charge in [0.25, 0.3) is 0 Å². The van der Waals surface area contributed by atoms with Crippen molar-refractivity contribution in [3.8, 4) is 11.8 Å². The zero-order valence-electron chi connectivity index (χ0n) is 17.6. The molecule has 3 rings (SSSR count). The molecule has 0 radical (unpaired) electrons. The summed E-state index contributed by atoms with van der Waals surface area (Å²) >= 11 is 0. The maximum atomic E-state index is 12.7. The molecule has 0 saturated heterocycles. The van der Waals surface area contributed by atoms with E-state index in [0.717, 1.165) is 26.4 Å². The predicted molar refractivity (Wildman–Crippen MR) is 118 cm³/mol. The van der Waals surface area contributed by atoms with Crippen LogP contribution in [0.5, 0.6) is 5.75 Å². The number of amides is 1. The van der Waals surface area contributed by atoms with E-state index >= 15 is 0 Å². The molecule has 0 N–H and O–H groups in total. The van der Waals surface area contributed by atoms with Crippen molar-refractivity contribution in [3.63, 3.8) is 0 Å². The molecule has 0 aliphatic heterocycles. The van der Waals surface area contributed by atoms with E-state index in [1.54, 1.807) is 14.2 Å². The summed E-state index contributed by atoms with van der Waals surface area (Å²) in [7, 11) is 0.789. The Balaban J connectivity index is 1.68. The SMILES string of the molecule is COc1ccc2cc(CN(C)C(=O)CN(C)S(=O)(=O)c3ccc(C#N)cc3)ccc2c1. The fourth-order valence-corrected chi connectivity index (χ4v) is 4.26. The minimum atomic E-state index is -3.84. The molecule has 3 aromatic carbocycles. The Hall–Kier alpha value is -3.41. The van der Waals surface area contributed by atoms with Gasteiger partial charge < -0.3 is 9.64 Å². The van der Waals surface area contributed by atoms with Gasteiger partial charge in [-0.1, -0.05) is 18.2 Å². The first kappa shape index (κ1) is 22.3. The zero-order chi connectivity index (χ0) is 22.6. The van der Waals surface area contributed by atoms with E-state index in [1.165, 1.54) is 36.2 Å². The van der Waals surface area contributed by atoms with E-state index in [9.17, 15) is 13.2 Å². The van der Waals surface area contributed by atoms with Crippen molar-refractivity contribution in [3.05, 3.63) is 71.8 Å². The number of rotatable bonds is 7. The van der Waals surface area contributed by atoms with Crippen LogP contribution in [0.25, 0.3) is 10.8 Å². The van der Waals surface area contributed by atoms with Crippen LogP contribution in [0.2, 0.25) is 0 Å². The van der Waals surface area contributed by atoms with Gasteiger partial charge in [-0.25, -0.2) is 8.42 Å². The molecule has 7 nitrogen and oxygen atoms in total. The third kappa shape index (κ3) is 5.02. The van der Waals surface area contributed by atoms with Crippen LogP contribution in [0, 0.1) is 11.3 Å². The van der Waals surface area contributed by atoms with E-state index in [4.69, 9.17) is 10.00 Å². The lowest BCUT2D eigenvalue weighted by Gasteiger charge is -2.22. The quantitative estimate of drug-likeness (QED) is 0.567. The number of carbonyl (C=O) groups excluding carboxylic acids is 1. The van der Waals surface area contributed by atoms with Crippen molar-refractivity contribution in [2.24, 2.45) is 0 Å². The smallest absolute Gasteiger partial charge is 0.243 e. The molecule has 0 fully saturated rings. The van der Waals surface area contributed by atoms with Gasteiger partial charge in [-0.3, -0.25) is 4.79 Å². The van der Waals surface area contributed by atoms with Gasteiger partial charge in [0, 0.05) is 20.6 Å². The lowest BCUT2D eigenvalue weighted by Crippen LogP contribution is -2.39. The highest BCUT2D eigenvalue weighted by Crippen LogP contribution is 2.22. The molecule has 0 saturated carbocycles. The second-order valence-corrected chi connectivity index (χ2v) is 9.24. The first-order valence-electron chi connectivity index (χ1n) is 9.52. The number of sulfonamides is 1. The molecule has 0 bridgehead atoms. The van der Waals surface area contributed by atoms with E-state index < -0.39 is 10.0 Å². The molecule has 0 unspecified atom stereocenters. The van der Waals surface area contributed by atoms with E-state index in [2.05, 4.69) is 0 Å². The molecule has 8 heteroatoms. The van der Waals surface area contributed by atoms with Crippen molar-refractivity contribution in [2.75, 3.05) is 27.7 Å². The Labute approximate surface area is 182 Å². The van der Waals surface area contributed by atoms with Crippen LogP contribution in [-0.4, -0.2) is 51.3 Å². The summed E-state index contributed by atoms with van der Waals surface area (Å²) in [6.45, 7) is 0.0647. The summed E-state index contributed by atoms with van der Waals surface area (Å²) in [6, 6.07) is 19.2. The largest absolute Gasteiger partial charge is 0.497 e.